The van der Waals surface area contributed by atoms with Gasteiger partial charge in [-0.2, -0.15) is 0 Å². The molecule has 0 spiro atoms. The number of unbranched alkanes of at least 4 members (excludes halogenated alkanes) is 1. The van der Waals surface area contributed by atoms with Crippen LogP contribution in [-0.2, 0) is 9.53 Å². The van der Waals surface area contributed by atoms with Gasteiger partial charge in [0.25, 0.3) is 0 Å². The van der Waals surface area contributed by atoms with Gasteiger partial charge >= 0.3 is 5.97 Å². The van der Waals surface area contributed by atoms with Crippen LogP contribution < -0.4 is 5.32 Å². The van der Waals surface area contributed by atoms with Gasteiger partial charge in [0.15, 0.2) is 0 Å². The van der Waals surface area contributed by atoms with E-state index in [1.165, 1.54) is 0 Å². The lowest BCUT2D eigenvalue weighted by atomic mass is 10.1. The lowest BCUT2D eigenvalue weighted by molar-refractivity contribution is -0.145. The van der Waals surface area contributed by atoms with Crippen LogP contribution in [-0.4, -0.2) is 25.7 Å². The van der Waals surface area contributed by atoms with E-state index in [1.54, 1.807) is 7.05 Å². The molecule has 0 saturated heterocycles. The van der Waals surface area contributed by atoms with Crippen molar-refractivity contribution in [1.82, 2.24) is 5.32 Å². The van der Waals surface area contributed by atoms with Gasteiger partial charge in [0.1, 0.15) is 6.04 Å². The highest BCUT2D eigenvalue weighted by Gasteiger charge is 2.15. The summed E-state index contributed by atoms with van der Waals surface area (Å²) in [5, 5.41) is 2.94. The van der Waals surface area contributed by atoms with Crippen molar-refractivity contribution in [3.05, 3.63) is 12.7 Å². The molecular formula is C10H19NO2. The average molecular weight is 185 g/mol. The van der Waals surface area contributed by atoms with E-state index in [0.717, 1.165) is 19.3 Å². The molecule has 1 atom stereocenters. The molecule has 0 aliphatic heterocycles. The summed E-state index contributed by atoms with van der Waals surface area (Å²) in [5.74, 6) is -0.158. The maximum atomic E-state index is 11.3. The average Bonchev–Trinajstić information content (AvgIpc) is 2.13. The van der Waals surface area contributed by atoms with E-state index in [-0.39, 0.29) is 12.0 Å². The molecule has 0 heterocycles. The van der Waals surface area contributed by atoms with Crippen molar-refractivity contribution in [2.24, 2.45) is 0 Å². The minimum atomic E-state index is -0.167. The molecular weight excluding hydrogens is 166 g/mol. The lowest BCUT2D eigenvalue weighted by Crippen LogP contribution is -2.35. The molecule has 0 aliphatic carbocycles. The Balaban J connectivity index is 3.73. The van der Waals surface area contributed by atoms with Gasteiger partial charge in [0.05, 0.1) is 6.61 Å². The van der Waals surface area contributed by atoms with Crippen molar-refractivity contribution in [2.75, 3.05) is 13.7 Å². The summed E-state index contributed by atoms with van der Waals surface area (Å²) in [4.78, 5) is 11.3. The Hall–Kier alpha value is -0.830. The van der Waals surface area contributed by atoms with E-state index in [0.29, 0.717) is 6.61 Å². The Morgan fingerprint density at radius 3 is 2.85 bits per heavy atom. The third kappa shape index (κ3) is 5.42. The Kier molecular flexibility index (Phi) is 7.30. The fourth-order valence-electron chi connectivity index (χ4n) is 1.09. The summed E-state index contributed by atoms with van der Waals surface area (Å²) in [6, 6.07) is -0.167. The number of hydrogen-bond donors (Lipinski definition) is 1. The quantitative estimate of drug-likeness (QED) is 0.371. The van der Waals surface area contributed by atoms with Gasteiger partial charge in [0.2, 0.25) is 0 Å². The first-order chi connectivity index (χ1) is 6.26. The van der Waals surface area contributed by atoms with Crippen molar-refractivity contribution in [3.8, 4) is 0 Å². The number of carbonyl (C=O) groups is 1. The molecule has 13 heavy (non-hydrogen) atoms. The number of esters is 1. The number of carbonyl (C=O) groups excluding carboxylic acids is 1. The molecule has 0 fully saturated rings. The predicted octanol–water partition coefficient (Wildman–Crippen LogP) is 1.49. The highest BCUT2D eigenvalue weighted by Crippen LogP contribution is 2.02. The van der Waals surface area contributed by atoms with Gasteiger partial charge in [-0.15, -0.1) is 6.58 Å². The molecule has 0 saturated carbocycles. The largest absolute Gasteiger partial charge is 0.465 e. The van der Waals surface area contributed by atoms with Crippen molar-refractivity contribution in [3.63, 3.8) is 0 Å². The molecule has 3 heteroatoms. The number of hydrogen-bond acceptors (Lipinski definition) is 3. The molecule has 0 aromatic carbocycles. The van der Waals surface area contributed by atoms with Crippen LogP contribution in [0.2, 0.25) is 0 Å². The monoisotopic (exact) mass is 185 g/mol. The van der Waals surface area contributed by atoms with Gasteiger partial charge in [-0.25, -0.2) is 0 Å². The second-order valence-corrected chi connectivity index (χ2v) is 2.81. The second kappa shape index (κ2) is 7.80. The van der Waals surface area contributed by atoms with E-state index in [4.69, 9.17) is 4.74 Å². The highest BCUT2D eigenvalue weighted by molar-refractivity contribution is 5.75. The Bertz CT molecular complexity index is 157. The van der Waals surface area contributed by atoms with Gasteiger partial charge in [0, 0.05) is 0 Å². The van der Waals surface area contributed by atoms with Crippen molar-refractivity contribution in [1.29, 1.82) is 0 Å². The first-order valence-electron chi connectivity index (χ1n) is 4.71. The second-order valence-electron chi connectivity index (χ2n) is 2.81. The molecule has 0 radical (unpaired) electrons. The molecule has 0 aromatic heterocycles. The van der Waals surface area contributed by atoms with Crippen LogP contribution in [0.4, 0.5) is 0 Å². The molecule has 1 N–H and O–H groups in total. The van der Waals surface area contributed by atoms with Gasteiger partial charge in [-0.3, -0.25) is 4.79 Å². The zero-order valence-corrected chi connectivity index (χ0v) is 8.51. The Morgan fingerprint density at radius 2 is 2.38 bits per heavy atom. The maximum absolute atomic E-state index is 11.3. The fourth-order valence-corrected chi connectivity index (χ4v) is 1.09. The van der Waals surface area contributed by atoms with E-state index in [9.17, 15) is 4.79 Å². The number of nitrogens with one attached hydrogen (secondary N) is 1. The molecule has 0 aliphatic rings. The van der Waals surface area contributed by atoms with Crippen molar-refractivity contribution < 1.29 is 9.53 Å². The van der Waals surface area contributed by atoms with Crippen molar-refractivity contribution >= 4 is 5.97 Å². The van der Waals surface area contributed by atoms with Crippen LogP contribution >= 0.6 is 0 Å². The van der Waals surface area contributed by atoms with Crippen LogP contribution in [0.3, 0.4) is 0 Å². The van der Waals surface area contributed by atoms with Gasteiger partial charge in [-0.1, -0.05) is 6.08 Å². The molecule has 0 aromatic rings. The highest BCUT2D eigenvalue weighted by atomic mass is 16.5. The first-order valence-corrected chi connectivity index (χ1v) is 4.71. The van der Waals surface area contributed by atoms with E-state index in [2.05, 4.69) is 11.9 Å². The van der Waals surface area contributed by atoms with Crippen LogP contribution in [0.1, 0.15) is 26.2 Å². The topological polar surface area (TPSA) is 38.3 Å². The molecule has 0 rings (SSSR count). The number of ether oxygens (including phenoxy) is 1. The van der Waals surface area contributed by atoms with Crippen LogP contribution in [0, 0.1) is 0 Å². The van der Waals surface area contributed by atoms with Gasteiger partial charge < -0.3 is 10.1 Å². The molecule has 3 nitrogen and oxygen atoms in total. The minimum absolute atomic E-state index is 0.158. The zero-order chi connectivity index (χ0) is 10.1. The van der Waals surface area contributed by atoms with Crippen LogP contribution in [0.5, 0.6) is 0 Å². The smallest absolute Gasteiger partial charge is 0.323 e. The molecule has 0 bridgehead atoms. The molecule has 0 amide bonds. The third-order valence-electron chi connectivity index (χ3n) is 1.82. The van der Waals surface area contributed by atoms with Gasteiger partial charge in [-0.05, 0) is 33.2 Å². The summed E-state index contributed by atoms with van der Waals surface area (Å²) in [5.41, 5.74) is 0. The molecule has 1 unspecified atom stereocenters. The number of allylic oxidation sites excluding steroid dienone is 1. The van der Waals surface area contributed by atoms with Crippen molar-refractivity contribution in [2.45, 2.75) is 32.2 Å². The summed E-state index contributed by atoms with van der Waals surface area (Å²) in [6.45, 7) is 5.88. The Labute approximate surface area is 80.2 Å². The SMILES string of the molecule is C=CCCCC(NC)C(=O)OCC. The summed E-state index contributed by atoms with van der Waals surface area (Å²) in [7, 11) is 1.77. The normalized spacial score (nSPS) is 12.2. The van der Waals surface area contributed by atoms with Crippen LogP contribution in [0.15, 0.2) is 12.7 Å². The first kappa shape index (κ1) is 12.2. The van der Waals surface area contributed by atoms with E-state index in [1.807, 2.05) is 13.0 Å². The summed E-state index contributed by atoms with van der Waals surface area (Å²) in [6.07, 6.45) is 4.57. The number of rotatable bonds is 7. The predicted molar refractivity (Wildman–Crippen MR) is 53.5 cm³/mol. The standard InChI is InChI=1S/C10H19NO2/c1-4-6-7-8-9(11-3)10(12)13-5-2/h4,9,11H,1,5-8H2,2-3H3. The fraction of sp³-hybridized carbons (Fsp3) is 0.700. The van der Waals surface area contributed by atoms with Crippen LogP contribution in [0.25, 0.3) is 0 Å². The maximum Gasteiger partial charge on any atom is 0.323 e. The lowest BCUT2D eigenvalue weighted by Gasteiger charge is -2.13. The van der Waals surface area contributed by atoms with E-state index < -0.39 is 0 Å². The minimum Gasteiger partial charge on any atom is -0.465 e. The zero-order valence-electron chi connectivity index (χ0n) is 8.51. The third-order valence-corrected chi connectivity index (χ3v) is 1.82. The summed E-state index contributed by atoms with van der Waals surface area (Å²) >= 11 is 0. The Morgan fingerprint density at radius 1 is 1.69 bits per heavy atom. The van der Waals surface area contributed by atoms with E-state index >= 15 is 0 Å². The molecule has 76 valence electrons. The number of likely N-dealkylation sites (N-methyl/N-ethyl adjacent to an activating group) is 1. The summed E-state index contributed by atoms with van der Waals surface area (Å²) < 4.78 is 4.90.